The second-order valence-electron chi connectivity index (χ2n) is 5.40. The molecule has 0 atom stereocenters. The molecule has 1 aliphatic rings. The molecule has 4 rings (SSSR count). The smallest absolute Gasteiger partial charge is 0.271 e. The molecule has 3 aromatic rings. The molecule has 0 aliphatic carbocycles. The van der Waals surface area contributed by atoms with Crippen LogP contribution in [-0.4, -0.2) is 16.2 Å². The van der Waals surface area contributed by atoms with Crippen LogP contribution in [0.2, 0.25) is 0 Å². The molecule has 0 bridgehead atoms. The number of anilines is 1. The maximum absolute atomic E-state index is 12.6. The van der Waals surface area contributed by atoms with E-state index in [4.69, 9.17) is 0 Å². The molecule has 0 saturated heterocycles. The number of thiazole rings is 1. The molecule has 2 aromatic heterocycles. The summed E-state index contributed by atoms with van der Waals surface area (Å²) >= 11 is 2.96. The van der Waals surface area contributed by atoms with Crippen LogP contribution in [0.5, 0.6) is 0 Å². The summed E-state index contributed by atoms with van der Waals surface area (Å²) in [4.78, 5) is 31.1. The molecule has 0 radical (unpaired) electrons. The number of aromatic nitrogens is 1. The predicted octanol–water partition coefficient (Wildman–Crippen LogP) is 1.76. The normalized spacial score (nSPS) is 14.2. The lowest BCUT2D eigenvalue weighted by Gasteiger charge is -2.25. The van der Waals surface area contributed by atoms with Crippen LogP contribution < -0.4 is 19.8 Å². The summed E-state index contributed by atoms with van der Waals surface area (Å²) < 4.78 is 2.29. The second kappa shape index (κ2) is 6.26. The molecule has 0 N–H and O–H groups in total. The van der Waals surface area contributed by atoms with Crippen LogP contribution in [0.1, 0.15) is 4.88 Å². The Balaban J connectivity index is 1.67. The lowest BCUT2D eigenvalue weighted by Crippen LogP contribution is -2.42. The van der Waals surface area contributed by atoms with Gasteiger partial charge < -0.3 is 4.90 Å². The van der Waals surface area contributed by atoms with Gasteiger partial charge in [-0.1, -0.05) is 17.4 Å². The molecule has 9 heteroatoms. The number of nitro groups is 1. The van der Waals surface area contributed by atoms with Crippen LogP contribution in [0, 0.1) is 10.1 Å². The van der Waals surface area contributed by atoms with Gasteiger partial charge in [0.05, 0.1) is 9.46 Å². The van der Waals surface area contributed by atoms with Crippen LogP contribution in [0.4, 0.5) is 11.4 Å². The van der Waals surface area contributed by atoms with E-state index in [0.29, 0.717) is 22.7 Å². The number of thiophene rings is 1. The van der Waals surface area contributed by atoms with Crippen LogP contribution in [0.15, 0.2) is 51.6 Å². The zero-order chi connectivity index (χ0) is 17.4. The van der Waals surface area contributed by atoms with Gasteiger partial charge in [0.15, 0.2) is 4.80 Å². The van der Waals surface area contributed by atoms with Gasteiger partial charge in [-0.05, 0) is 29.7 Å². The van der Waals surface area contributed by atoms with Crippen molar-refractivity contribution in [3.05, 3.63) is 76.5 Å². The molecule has 1 aromatic carbocycles. The summed E-state index contributed by atoms with van der Waals surface area (Å²) in [5.74, 6) is 0. The van der Waals surface area contributed by atoms with Gasteiger partial charge in [0.2, 0.25) is 0 Å². The van der Waals surface area contributed by atoms with E-state index in [2.05, 4.69) is 4.99 Å². The monoisotopic (exact) mass is 372 g/mol. The number of non-ortho nitro benzene ring substituents is 1. The summed E-state index contributed by atoms with van der Waals surface area (Å²) in [6.07, 6.45) is 1.88. The van der Waals surface area contributed by atoms with E-state index in [9.17, 15) is 14.9 Å². The van der Waals surface area contributed by atoms with Gasteiger partial charge in [0.25, 0.3) is 11.2 Å². The van der Waals surface area contributed by atoms with E-state index in [1.54, 1.807) is 28.0 Å². The average Bonchev–Trinajstić information content (AvgIpc) is 3.24. The van der Waals surface area contributed by atoms with Crippen molar-refractivity contribution >= 4 is 40.1 Å². The predicted molar refractivity (Wildman–Crippen MR) is 97.7 cm³/mol. The van der Waals surface area contributed by atoms with Gasteiger partial charge in [-0.2, -0.15) is 0 Å². The van der Waals surface area contributed by atoms with E-state index in [1.807, 2.05) is 28.5 Å². The highest BCUT2D eigenvalue weighted by Crippen LogP contribution is 2.20. The van der Waals surface area contributed by atoms with Crippen molar-refractivity contribution in [3.63, 3.8) is 0 Å². The van der Waals surface area contributed by atoms with Crippen LogP contribution in [0.3, 0.4) is 0 Å². The van der Waals surface area contributed by atoms with E-state index in [1.165, 1.54) is 23.5 Å². The first-order valence-electron chi connectivity index (χ1n) is 7.40. The summed E-state index contributed by atoms with van der Waals surface area (Å²) in [7, 11) is 0. The fourth-order valence-electron chi connectivity index (χ4n) is 2.56. The first kappa shape index (κ1) is 15.7. The van der Waals surface area contributed by atoms with Crippen molar-refractivity contribution in [2.75, 3.05) is 11.6 Å². The van der Waals surface area contributed by atoms with Crippen LogP contribution in [0.25, 0.3) is 6.08 Å². The number of hydrogen-bond donors (Lipinski definition) is 0. The first-order chi connectivity index (χ1) is 12.1. The Morgan fingerprint density at radius 3 is 2.72 bits per heavy atom. The molecule has 0 amide bonds. The number of rotatable bonds is 3. The number of nitrogens with zero attached hydrogens (tertiary/aromatic N) is 4. The third kappa shape index (κ3) is 2.99. The van der Waals surface area contributed by atoms with Crippen molar-refractivity contribution < 1.29 is 4.92 Å². The topological polar surface area (TPSA) is 80.7 Å². The highest BCUT2D eigenvalue weighted by Gasteiger charge is 2.16. The number of nitro benzene ring substituents is 1. The standard InChI is InChI=1S/C16H12N4O3S2/c21-15-14(8-13-2-1-7-24-13)25-16-17-9-18(10-19(15)16)11-3-5-12(6-4-11)20(22)23/h1-8H,9-10H2. The van der Waals surface area contributed by atoms with Crippen molar-refractivity contribution in [3.8, 4) is 0 Å². The van der Waals surface area contributed by atoms with E-state index < -0.39 is 4.92 Å². The Morgan fingerprint density at radius 1 is 1.24 bits per heavy atom. The van der Waals surface area contributed by atoms with Crippen LogP contribution in [-0.2, 0) is 6.67 Å². The molecular weight excluding hydrogens is 360 g/mol. The highest BCUT2D eigenvalue weighted by molar-refractivity contribution is 7.11. The molecule has 0 fully saturated rings. The summed E-state index contributed by atoms with van der Waals surface area (Å²) in [6.45, 7) is 0.792. The lowest BCUT2D eigenvalue weighted by atomic mass is 10.2. The van der Waals surface area contributed by atoms with Crippen molar-refractivity contribution in [1.29, 1.82) is 0 Å². The first-order valence-corrected chi connectivity index (χ1v) is 9.10. The van der Waals surface area contributed by atoms with E-state index in [-0.39, 0.29) is 11.2 Å². The zero-order valence-corrected chi connectivity index (χ0v) is 14.5. The van der Waals surface area contributed by atoms with Gasteiger partial charge in [-0.25, -0.2) is 4.99 Å². The third-order valence-corrected chi connectivity index (χ3v) is 5.68. The molecular formula is C16H12N4O3S2. The van der Waals surface area contributed by atoms with Gasteiger partial charge in [-0.3, -0.25) is 19.5 Å². The zero-order valence-electron chi connectivity index (χ0n) is 12.9. The quantitative estimate of drug-likeness (QED) is 0.518. The third-order valence-electron chi connectivity index (χ3n) is 3.82. The molecule has 0 unspecified atom stereocenters. The molecule has 126 valence electrons. The molecule has 3 heterocycles. The molecule has 7 nitrogen and oxygen atoms in total. The Bertz CT molecular complexity index is 1100. The average molecular weight is 372 g/mol. The Hall–Kier alpha value is -2.78. The van der Waals surface area contributed by atoms with Gasteiger partial charge in [-0.15, -0.1) is 11.3 Å². The fourth-order valence-corrected chi connectivity index (χ4v) is 4.25. The van der Waals surface area contributed by atoms with Gasteiger partial charge in [0, 0.05) is 22.7 Å². The lowest BCUT2D eigenvalue weighted by molar-refractivity contribution is -0.384. The summed E-state index contributed by atoms with van der Waals surface area (Å²) in [6, 6.07) is 10.2. The SMILES string of the molecule is O=c1c(=Cc2cccs2)sc2n1CN(c1ccc([N+](=O)[O-])cc1)CN=2. The Labute approximate surface area is 149 Å². The molecule has 0 saturated carbocycles. The highest BCUT2D eigenvalue weighted by atomic mass is 32.1. The summed E-state index contributed by atoms with van der Waals surface area (Å²) in [5.41, 5.74) is 0.768. The van der Waals surface area contributed by atoms with Gasteiger partial charge in [0.1, 0.15) is 13.3 Å². The number of fused-ring (bicyclic) bond motifs is 1. The number of hydrogen-bond acceptors (Lipinski definition) is 7. The van der Waals surface area contributed by atoms with E-state index >= 15 is 0 Å². The molecule has 1 aliphatic heterocycles. The second-order valence-corrected chi connectivity index (χ2v) is 7.38. The van der Waals surface area contributed by atoms with Crippen molar-refractivity contribution in [1.82, 2.24) is 4.57 Å². The maximum Gasteiger partial charge on any atom is 0.271 e. The van der Waals surface area contributed by atoms with E-state index in [0.717, 1.165) is 10.6 Å². The Morgan fingerprint density at radius 2 is 2.04 bits per heavy atom. The van der Waals surface area contributed by atoms with Crippen LogP contribution >= 0.6 is 22.7 Å². The van der Waals surface area contributed by atoms with Crippen molar-refractivity contribution in [2.45, 2.75) is 6.67 Å². The largest absolute Gasteiger partial charge is 0.334 e. The minimum Gasteiger partial charge on any atom is -0.334 e. The molecule has 0 spiro atoms. The van der Waals surface area contributed by atoms with Gasteiger partial charge >= 0.3 is 0 Å². The fraction of sp³-hybridized carbons (Fsp3) is 0.125. The van der Waals surface area contributed by atoms with Crippen molar-refractivity contribution in [2.24, 2.45) is 4.99 Å². The minimum absolute atomic E-state index is 0.0407. The summed E-state index contributed by atoms with van der Waals surface area (Å²) in [5, 5.41) is 12.7. The maximum atomic E-state index is 12.6. The minimum atomic E-state index is -0.432. The molecule has 25 heavy (non-hydrogen) atoms. The Kier molecular flexibility index (Phi) is 3.94. The number of benzene rings is 1.